The molecule has 1 aromatic rings. The van der Waals surface area contributed by atoms with Crippen LogP contribution in [0, 0.1) is 18.8 Å². The number of halogens is 3. The zero-order valence-electron chi connectivity index (χ0n) is 9.97. The molecule has 0 spiro atoms. The monoisotopic (exact) mass is 254 g/mol. The summed E-state index contributed by atoms with van der Waals surface area (Å²) in [6.45, 7) is 4.01. The summed E-state index contributed by atoms with van der Waals surface area (Å²) in [5.74, 6) is 5.48. The van der Waals surface area contributed by atoms with E-state index in [9.17, 15) is 13.2 Å². The molecule has 1 rings (SSSR count). The summed E-state index contributed by atoms with van der Waals surface area (Å²) in [5.41, 5.74) is 2.23. The van der Waals surface area contributed by atoms with Gasteiger partial charge in [0.15, 0.2) is 0 Å². The topological polar surface area (TPSA) is 9.23 Å². The Balaban J connectivity index is 2.43. The summed E-state index contributed by atoms with van der Waals surface area (Å²) in [6, 6.07) is 7.50. The third-order valence-electron chi connectivity index (χ3n) is 1.98. The number of ether oxygens (including phenoxy) is 1. The Hall–Kier alpha value is -1.73. The lowest BCUT2D eigenvalue weighted by atomic mass is 10.1. The van der Waals surface area contributed by atoms with Crippen molar-refractivity contribution >= 4 is 0 Å². The van der Waals surface area contributed by atoms with E-state index in [4.69, 9.17) is 0 Å². The molecule has 0 unspecified atom stereocenters. The van der Waals surface area contributed by atoms with Crippen LogP contribution in [0.5, 0.6) is 0 Å². The van der Waals surface area contributed by atoms with Gasteiger partial charge in [0.25, 0.3) is 0 Å². The second kappa shape index (κ2) is 6.27. The van der Waals surface area contributed by atoms with E-state index in [-0.39, 0.29) is 6.61 Å². The van der Waals surface area contributed by atoms with Crippen molar-refractivity contribution in [3.63, 3.8) is 0 Å². The largest absolute Gasteiger partial charge is 0.411 e. The Morgan fingerprint density at radius 1 is 1.28 bits per heavy atom. The highest BCUT2D eigenvalue weighted by atomic mass is 19.4. The van der Waals surface area contributed by atoms with Gasteiger partial charge in [0.05, 0.1) is 6.61 Å². The fourth-order valence-electron chi connectivity index (χ4n) is 1.12. The Morgan fingerprint density at radius 2 is 1.89 bits per heavy atom. The maximum Gasteiger partial charge on any atom is 0.411 e. The minimum atomic E-state index is -4.31. The minimum Gasteiger partial charge on any atom is -0.367 e. The van der Waals surface area contributed by atoms with Gasteiger partial charge in [0, 0.05) is 11.1 Å². The summed E-state index contributed by atoms with van der Waals surface area (Å²) in [7, 11) is 0. The van der Waals surface area contributed by atoms with Gasteiger partial charge in [-0.25, -0.2) is 0 Å². The summed E-state index contributed by atoms with van der Waals surface area (Å²) in [5, 5.41) is 0. The molecule has 0 bridgehead atoms. The first-order valence-electron chi connectivity index (χ1n) is 5.28. The predicted octanol–water partition coefficient (Wildman–Crippen LogP) is 3.48. The second-order valence-electron chi connectivity index (χ2n) is 3.83. The molecule has 0 aliphatic carbocycles. The van der Waals surface area contributed by atoms with Gasteiger partial charge in [-0.15, -0.1) is 0 Å². The van der Waals surface area contributed by atoms with E-state index in [0.717, 1.165) is 11.1 Å². The minimum absolute atomic E-state index is 0.210. The van der Waals surface area contributed by atoms with E-state index in [1.807, 2.05) is 31.2 Å². The van der Waals surface area contributed by atoms with E-state index in [2.05, 4.69) is 23.2 Å². The van der Waals surface area contributed by atoms with Crippen LogP contribution in [-0.4, -0.2) is 19.4 Å². The lowest BCUT2D eigenvalue weighted by Crippen LogP contribution is -2.17. The summed E-state index contributed by atoms with van der Waals surface area (Å²) in [6.07, 6.45) is -4.31. The van der Waals surface area contributed by atoms with Crippen molar-refractivity contribution in [2.45, 2.75) is 13.1 Å². The first kappa shape index (κ1) is 14.3. The molecule has 0 saturated carbocycles. The Bertz CT molecular complexity index is 461. The number of hydrogen-bond acceptors (Lipinski definition) is 1. The van der Waals surface area contributed by atoms with Gasteiger partial charge in [0.1, 0.15) is 6.61 Å². The Labute approximate surface area is 104 Å². The number of aryl methyl sites for hydroxylation is 1. The van der Waals surface area contributed by atoms with Crippen molar-refractivity contribution in [2.75, 3.05) is 13.2 Å². The van der Waals surface area contributed by atoms with Crippen LogP contribution in [0.2, 0.25) is 0 Å². The molecule has 1 nitrogen and oxygen atoms in total. The molecule has 0 fully saturated rings. The van der Waals surface area contributed by atoms with Gasteiger partial charge >= 0.3 is 6.18 Å². The van der Waals surface area contributed by atoms with Gasteiger partial charge in [-0.1, -0.05) is 36.1 Å². The lowest BCUT2D eigenvalue weighted by molar-refractivity contribution is -0.171. The summed E-state index contributed by atoms with van der Waals surface area (Å²) in [4.78, 5) is 0. The smallest absolute Gasteiger partial charge is 0.367 e. The van der Waals surface area contributed by atoms with Crippen molar-refractivity contribution in [2.24, 2.45) is 0 Å². The van der Waals surface area contributed by atoms with Crippen molar-refractivity contribution in [1.82, 2.24) is 0 Å². The van der Waals surface area contributed by atoms with Crippen molar-refractivity contribution in [3.05, 3.63) is 47.5 Å². The molecular formula is C14H13F3O. The maximum absolute atomic E-state index is 11.8. The number of alkyl halides is 3. The molecule has 1 aromatic carbocycles. The van der Waals surface area contributed by atoms with E-state index in [0.29, 0.717) is 5.57 Å². The van der Waals surface area contributed by atoms with Crippen LogP contribution in [0.15, 0.2) is 36.4 Å². The van der Waals surface area contributed by atoms with Crippen LogP contribution in [0.1, 0.15) is 11.1 Å². The van der Waals surface area contributed by atoms with Crippen molar-refractivity contribution < 1.29 is 17.9 Å². The maximum atomic E-state index is 11.8. The highest BCUT2D eigenvalue weighted by Gasteiger charge is 2.27. The van der Waals surface area contributed by atoms with E-state index >= 15 is 0 Å². The van der Waals surface area contributed by atoms with Crippen LogP contribution in [-0.2, 0) is 4.74 Å². The van der Waals surface area contributed by atoms with Crippen LogP contribution in [0.3, 0.4) is 0 Å². The zero-order valence-corrected chi connectivity index (χ0v) is 9.97. The van der Waals surface area contributed by atoms with Gasteiger partial charge in [-0.05, 0) is 19.1 Å². The third-order valence-corrected chi connectivity index (χ3v) is 1.98. The van der Waals surface area contributed by atoms with Crippen LogP contribution >= 0.6 is 0 Å². The SMILES string of the molecule is C=C(C#Cc1ccc(C)cc1)COCC(F)(F)F. The normalized spacial score (nSPS) is 10.7. The molecule has 96 valence electrons. The van der Waals surface area contributed by atoms with E-state index in [1.165, 1.54) is 0 Å². The zero-order chi connectivity index (χ0) is 13.6. The Kier molecular flexibility index (Phi) is 4.99. The number of hydrogen-bond donors (Lipinski definition) is 0. The quantitative estimate of drug-likeness (QED) is 0.750. The molecule has 0 aliphatic rings. The van der Waals surface area contributed by atoms with Crippen molar-refractivity contribution in [3.8, 4) is 11.8 Å². The first-order valence-corrected chi connectivity index (χ1v) is 5.28. The Morgan fingerprint density at radius 3 is 2.44 bits per heavy atom. The third kappa shape index (κ3) is 6.12. The average molecular weight is 254 g/mol. The highest BCUT2D eigenvalue weighted by Crippen LogP contribution is 2.14. The average Bonchev–Trinajstić information content (AvgIpc) is 2.26. The van der Waals surface area contributed by atoms with E-state index in [1.54, 1.807) is 0 Å². The van der Waals surface area contributed by atoms with Gasteiger partial charge in [0.2, 0.25) is 0 Å². The molecular weight excluding hydrogens is 241 g/mol. The van der Waals surface area contributed by atoms with Crippen LogP contribution in [0.4, 0.5) is 13.2 Å². The van der Waals surface area contributed by atoms with Crippen molar-refractivity contribution in [1.29, 1.82) is 0 Å². The molecule has 18 heavy (non-hydrogen) atoms. The molecule has 0 aromatic heterocycles. The van der Waals surface area contributed by atoms with Gasteiger partial charge in [-0.2, -0.15) is 13.2 Å². The van der Waals surface area contributed by atoms with E-state index < -0.39 is 12.8 Å². The molecule has 4 heteroatoms. The molecule has 0 atom stereocenters. The molecule has 0 radical (unpaired) electrons. The van der Waals surface area contributed by atoms with Gasteiger partial charge < -0.3 is 4.74 Å². The fourth-order valence-corrected chi connectivity index (χ4v) is 1.12. The molecule has 0 saturated heterocycles. The van der Waals surface area contributed by atoms with Crippen LogP contribution < -0.4 is 0 Å². The lowest BCUT2D eigenvalue weighted by Gasteiger charge is -2.06. The summed E-state index contributed by atoms with van der Waals surface area (Å²) >= 11 is 0. The fraction of sp³-hybridized carbons (Fsp3) is 0.286. The molecule has 0 N–H and O–H groups in total. The standard InChI is InChI=1S/C14H13F3O/c1-11-3-6-13(7-4-11)8-5-12(2)9-18-10-14(15,16)17/h3-4,6-7H,2,9-10H2,1H3. The van der Waals surface area contributed by atoms with Gasteiger partial charge in [-0.3, -0.25) is 0 Å². The number of benzene rings is 1. The highest BCUT2D eigenvalue weighted by molar-refractivity contribution is 5.40. The number of rotatable bonds is 3. The molecule has 0 heterocycles. The molecule has 0 aliphatic heterocycles. The summed E-state index contributed by atoms with van der Waals surface area (Å²) < 4.78 is 39.9. The molecule has 0 amide bonds. The second-order valence-corrected chi connectivity index (χ2v) is 3.83. The predicted molar refractivity (Wildman–Crippen MR) is 64.1 cm³/mol. The van der Waals surface area contributed by atoms with Crippen LogP contribution in [0.25, 0.3) is 0 Å². The first-order chi connectivity index (χ1) is 8.37.